The van der Waals surface area contributed by atoms with E-state index in [0.29, 0.717) is 5.57 Å². The molecule has 0 atom stereocenters. The second kappa shape index (κ2) is 2.45. The average molecular weight is 156 g/mol. The first kappa shape index (κ1) is 7.04. The number of hydrogen-bond acceptors (Lipinski definition) is 1. The van der Waals surface area contributed by atoms with Crippen LogP contribution in [0, 0.1) is 0 Å². The Kier molecular flexibility index (Phi) is 1.44. The van der Waals surface area contributed by atoms with E-state index in [0.717, 1.165) is 11.1 Å². The number of hydrogen-bond donors (Lipinski definition) is 0. The molecule has 2 rings (SSSR count). The summed E-state index contributed by atoms with van der Waals surface area (Å²) in [7, 11) is 0. The molecule has 0 spiro atoms. The van der Waals surface area contributed by atoms with Crippen LogP contribution >= 0.6 is 0 Å². The van der Waals surface area contributed by atoms with Crippen molar-refractivity contribution in [3.8, 4) is 0 Å². The predicted octanol–water partition coefficient (Wildman–Crippen LogP) is 2.30. The van der Waals surface area contributed by atoms with Crippen LogP contribution in [0.2, 0.25) is 0 Å². The lowest BCUT2D eigenvalue weighted by Crippen LogP contribution is -2.02. The number of allylic oxidation sites excluding steroid dienone is 2. The number of carbonyl (C=O) groups excluding carboxylic acids is 1. The number of carbonyl (C=O) groups is 1. The van der Waals surface area contributed by atoms with Crippen molar-refractivity contribution in [1.29, 1.82) is 0 Å². The fourth-order valence-corrected chi connectivity index (χ4v) is 1.32. The summed E-state index contributed by atoms with van der Waals surface area (Å²) in [5.41, 5.74) is 2.61. The molecule has 0 amide bonds. The maximum atomic E-state index is 11.2. The minimum Gasteiger partial charge on any atom is -0.289 e. The predicted molar refractivity (Wildman–Crippen MR) is 49.5 cm³/mol. The summed E-state index contributed by atoms with van der Waals surface area (Å²) in [5, 5.41) is 0. The first-order valence-corrected chi connectivity index (χ1v) is 3.80. The molecule has 0 saturated carbocycles. The van der Waals surface area contributed by atoms with E-state index in [9.17, 15) is 4.79 Å². The number of fused-ring (bicyclic) bond motifs is 1. The molecule has 0 aliphatic heterocycles. The van der Waals surface area contributed by atoms with Gasteiger partial charge in [0.1, 0.15) is 0 Å². The topological polar surface area (TPSA) is 17.1 Å². The summed E-state index contributed by atoms with van der Waals surface area (Å²) >= 11 is 0. The smallest absolute Gasteiger partial charge is 0.185 e. The molecule has 0 bridgehead atoms. The van der Waals surface area contributed by atoms with Crippen molar-refractivity contribution in [2.75, 3.05) is 0 Å². The van der Waals surface area contributed by atoms with E-state index in [1.54, 1.807) is 6.08 Å². The van der Waals surface area contributed by atoms with E-state index >= 15 is 0 Å². The molecule has 0 N–H and O–H groups in total. The van der Waals surface area contributed by atoms with Gasteiger partial charge >= 0.3 is 0 Å². The van der Waals surface area contributed by atoms with Crippen LogP contribution in [0.5, 0.6) is 0 Å². The van der Waals surface area contributed by atoms with Crippen LogP contribution in [-0.4, -0.2) is 5.78 Å². The van der Waals surface area contributed by atoms with Gasteiger partial charge in [0.25, 0.3) is 0 Å². The van der Waals surface area contributed by atoms with Gasteiger partial charge in [-0.3, -0.25) is 4.79 Å². The van der Waals surface area contributed by atoms with E-state index in [4.69, 9.17) is 0 Å². The minimum absolute atomic E-state index is 0.00806. The highest BCUT2D eigenvalue weighted by Gasteiger charge is 2.13. The maximum Gasteiger partial charge on any atom is 0.185 e. The molecular formula is C11H8O. The quantitative estimate of drug-likeness (QED) is 0.527. The van der Waals surface area contributed by atoms with Crippen LogP contribution < -0.4 is 0 Å². The van der Waals surface area contributed by atoms with Gasteiger partial charge in [-0.25, -0.2) is 0 Å². The normalized spacial score (nSPS) is 14.7. The van der Waals surface area contributed by atoms with E-state index in [1.165, 1.54) is 0 Å². The molecule has 1 aliphatic carbocycles. The Hall–Kier alpha value is -1.63. The number of ketones is 1. The Morgan fingerprint density at radius 1 is 1.08 bits per heavy atom. The van der Waals surface area contributed by atoms with Crippen LogP contribution in [0.1, 0.15) is 11.1 Å². The molecule has 0 aromatic heterocycles. The van der Waals surface area contributed by atoms with Crippen LogP contribution in [0.15, 0.2) is 36.9 Å². The monoisotopic (exact) mass is 156 g/mol. The molecular weight excluding hydrogens is 148 g/mol. The molecule has 0 fully saturated rings. The first-order chi connectivity index (χ1) is 5.79. The molecule has 0 unspecified atom stereocenters. The van der Waals surface area contributed by atoms with Crippen LogP contribution in [0.4, 0.5) is 0 Å². The van der Waals surface area contributed by atoms with Gasteiger partial charge < -0.3 is 0 Å². The first-order valence-electron chi connectivity index (χ1n) is 3.80. The summed E-state index contributed by atoms with van der Waals surface area (Å²) in [5.74, 6) is 0.00806. The van der Waals surface area contributed by atoms with Crippen molar-refractivity contribution in [2.45, 2.75) is 0 Å². The van der Waals surface area contributed by atoms with Crippen LogP contribution in [0.25, 0.3) is 11.6 Å². The van der Waals surface area contributed by atoms with Gasteiger partial charge in [-0.15, -0.1) is 0 Å². The van der Waals surface area contributed by atoms with Gasteiger partial charge in [-0.1, -0.05) is 36.9 Å². The van der Waals surface area contributed by atoms with E-state index < -0.39 is 0 Å². The van der Waals surface area contributed by atoms with Gasteiger partial charge in [0.15, 0.2) is 5.78 Å². The fourth-order valence-electron chi connectivity index (χ4n) is 1.32. The SMILES string of the molecule is C=C1C(=O)C=Cc2ccccc21. The maximum absolute atomic E-state index is 11.2. The van der Waals surface area contributed by atoms with E-state index in [-0.39, 0.29) is 5.78 Å². The second-order valence-corrected chi connectivity index (χ2v) is 2.76. The molecule has 1 heteroatoms. The van der Waals surface area contributed by atoms with E-state index in [2.05, 4.69) is 6.58 Å². The Morgan fingerprint density at radius 2 is 1.83 bits per heavy atom. The van der Waals surface area contributed by atoms with Crippen molar-refractivity contribution in [3.63, 3.8) is 0 Å². The molecule has 0 heterocycles. The van der Waals surface area contributed by atoms with Crippen molar-refractivity contribution >= 4 is 17.4 Å². The molecule has 0 radical (unpaired) electrons. The summed E-state index contributed by atoms with van der Waals surface area (Å²) in [6.07, 6.45) is 3.39. The fraction of sp³-hybridized carbons (Fsp3) is 0. The van der Waals surface area contributed by atoms with Crippen molar-refractivity contribution in [1.82, 2.24) is 0 Å². The molecule has 12 heavy (non-hydrogen) atoms. The van der Waals surface area contributed by atoms with Crippen molar-refractivity contribution in [3.05, 3.63) is 48.0 Å². The third-order valence-corrected chi connectivity index (χ3v) is 2.00. The number of benzene rings is 1. The van der Waals surface area contributed by atoms with Gasteiger partial charge in [-0.2, -0.15) is 0 Å². The third kappa shape index (κ3) is 0.909. The molecule has 1 aliphatic rings. The lowest BCUT2D eigenvalue weighted by molar-refractivity contribution is -0.109. The van der Waals surface area contributed by atoms with Gasteiger partial charge in [-0.05, 0) is 17.2 Å². The molecule has 58 valence electrons. The molecule has 1 aromatic rings. The van der Waals surface area contributed by atoms with Crippen LogP contribution in [-0.2, 0) is 4.79 Å². The highest BCUT2D eigenvalue weighted by molar-refractivity contribution is 6.29. The second-order valence-electron chi connectivity index (χ2n) is 2.76. The lowest BCUT2D eigenvalue weighted by Gasteiger charge is -2.10. The summed E-state index contributed by atoms with van der Waals surface area (Å²) in [6.45, 7) is 3.74. The third-order valence-electron chi connectivity index (χ3n) is 2.00. The molecule has 1 aromatic carbocycles. The van der Waals surface area contributed by atoms with Gasteiger partial charge in [0.05, 0.1) is 0 Å². The van der Waals surface area contributed by atoms with E-state index in [1.807, 2.05) is 30.3 Å². The Bertz CT molecular complexity index is 386. The summed E-state index contributed by atoms with van der Waals surface area (Å²) < 4.78 is 0. The standard InChI is InChI=1S/C11H8O/c1-8-10-5-3-2-4-9(10)6-7-11(8)12/h2-7H,1H2. The molecule has 1 nitrogen and oxygen atoms in total. The van der Waals surface area contributed by atoms with Gasteiger partial charge in [0.2, 0.25) is 0 Å². The summed E-state index contributed by atoms with van der Waals surface area (Å²) in [6, 6.07) is 7.76. The minimum atomic E-state index is 0.00806. The van der Waals surface area contributed by atoms with Gasteiger partial charge in [0, 0.05) is 5.57 Å². The lowest BCUT2D eigenvalue weighted by atomic mass is 9.93. The summed E-state index contributed by atoms with van der Waals surface area (Å²) in [4.78, 5) is 11.2. The highest BCUT2D eigenvalue weighted by Crippen LogP contribution is 2.24. The largest absolute Gasteiger partial charge is 0.289 e. The molecule has 0 saturated heterocycles. The van der Waals surface area contributed by atoms with Crippen molar-refractivity contribution in [2.24, 2.45) is 0 Å². The Morgan fingerprint density at radius 3 is 2.67 bits per heavy atom. The van der Waals surface area contributed by atoms with Crippen molar-refractivity contribution < 1.29 is 4.79 Å². The number of rotatable bonds is 0. The average Bonchev–Trinajstić information content (AvgIpc) is 2.12. The van der Waals surface area contributed by atoms with Crippen LogP contribution in [0.3, 0.4) is 0 Å². The zero-order chi connectivity index (χ0) is 8.55. The highest BCUT2D eigenvalue weighted by atomic mass is 16.1. The Labute approximate surface area is 71.0 Å². The zero-order valence-electron chi connectivity index (χ0n) is 6.58. The Balaban J connectivity index is 2.67. The zero-order valence-corrected chi connectivity index (χ0v) is 6.58.